The van der Waals surface area contributed by atoms with Crippen molar-refractivity contribution >= 4 is 0 Å². The van der Waals surface area contributed by atoms with Crippen LogP contribution in [-0.4, -0.2) is 0 Å². The van der Waals surface area contributed by atoms with Crippen LogP contribution in [0.25, 0.3) is 0 Å². The van der Waals surface area contributed by atoms with Gasteiger partial charge >= 0.3 is 140 Å². The predicted octanol–water partition coefficient (Wildman–Crippen LogP) is 1.46. The van der Waals surface area contributed by atoms with E-state index in [9.17, 15) is 14.0 Å². The van der Waals surface area contributed by atoms with Crippen LogP contribution >= 0.6 is 0 Å². The molecule has 0 saturated carbocycles. The summed E-state index contributed by atoms with van der Waals surface area (Å²) in [5, 5.41) is 0. The molecule has 4 nitrogen and oxygen atoms in total. The second-order valence-electron chi connectivity index (χ2n) is 5.07. The van der Waals surface area contributed by atoms with Gasteiger partial charge in [0.1, 0.15) is 0 Å². The second kappa shape index (κ2) is 9.12. The monoisotopic (exact) mass is 416 g/mol. The Balaban J connectivity index is 2.20. The van der Waals surface area contributed by atoms with Gasteiger partial charge in [0.05, 0.1) is 0 Å². The summed E-state index contributed by atoms with van der Waals surface area (Å²) >= 11 is -2.27. The van der Waals surface area contributed by atoms with Crippen molar-refractivity contribution in [2.75, 3.05) is 0 Å². The Morgan fingerprint density at radius 1 is 0.727 bits per heavy atom. The summed E-state index contributed by atoms with van der Waals surface area (Å²) in [6.07, 6.45) is 19.7. The standard InChI is InChI=1S/2C8H11.ClHO4.Rh/c2*1-2-4-6-8-7-5-3-1;2-1(3,4)5;/h2*1-2,7H,3-6H2;(H,2,3,4,5);/q;;;+1/p-1. The fraction of sp³-hybridized carbons (Fsp3) is 0.500. The molecular formula is C16H22ClO4Rh. The molecule has 0 atom stereocenters. The molecule has 0 bridgehead atoms. The van der Waals surface area contributed by atoms with Crippen molar-refractivity contribution in [2.45, 2.75) is 51.4 Å². The van der Waals surface area contributed by atoms with Crippen molar-refractivity contribution in [3.05, 3.63) is 44.8 Å². The van der Waals surface area contributed by atoms with Crippen LogP contribution in [0.3, 0.4) is 0 Å². The molecule has 22 heavy (non-hydrogen) atoms. The topological polar surface area (TPSA) is 78.4 Å². The van der Waals surface area contributed by atoms with Gasteiger partial charge in [0.15, 0.2) is 0 Å². The van der Waals surface area contributed by atoms with Gasteiger partial charge in [0.2, 0.25) is 0 Å². The fourth-order valence-electron chi connectivity index (χ4n) is 2.31. The second-order valence-corrected chi connectivity index (χ2v) is 9.87. The van der Waals surface area contributed by atoms with Gasteiger partial charge in [-0.25, -0.2) is 0 Å². The van der Waals surface area contributed by atoms with E-state index in [4.69, 9.17) is 3.12 Å². The SMILES string of the molecule is [O-][Cl+3]([O-])([O-])[O][Rh]([C]1=CCCC=CCC1)[C]1=CCCC=CCC1. The van der Waals surface area contributed by atoms with Crippen molar-refractivity contribution in [1.29, 1.82) is 0 Å². The average Bonchev–Trinajstić information content (AvgIpc) is 2.34. The van der Waals surface area contributed by atoms with E-state index in [2.05, 4.69) is 36.5 Å². The van der Waals surface area contributed by atoms with Crippen LogP contribution in [0.15, 0.2) is 44.8 Å². The molecule has 0 radical (unpaired) electrons. The maximum absolute atomic E-state index is 11.2. The van der Waals surface area contributed by atoms with Gasteiger partial charge in [-0.15, -0.1) is 0 Å². The van der Waals surface area contributed by atoms with E-state index >= 15 is 0 Å². The number of hydrogen-bond donors (Lipinski definition) is 0. The Kier molecular flexibility index (Phi) is 7.48. The van der Waals surface area contributed by atoms with E-state index < -0.39 is 26.6 Å². The third-order valence-electron chi connectivity index (χ3n) is 3.29. The zero-order valence-corrected chi connectivity index (χ0v) is 14.9. The Hall–Kier alpha value is -0.287. The molecule has 6 heteroatoms. The fourth-order valence-corrected chi connectivity index (χ4v) is 7.44. The Morgan fingerprint density at radius 3 is 1.64 bits per heavy atom. The van der Waals surface area contributed by atoms with Gasteiger partial charge in [-0.05, 0) is 0 Å². The van der Waals surface area contributed by atoms with Crippen molar-refractivity contribution in [2.24, 2.45) is 0 Å². The summed E-state index contributed by atoms with van der Waals surface area (Å²) in [6.45, 7) is 0. The zero-order chi connectivity index (χ0) is 15.8. The first kappa shape index (κ1) is 18.1. The van der Waals surface area contributed by atoms with Gasteiger partial charge in [0.25, 0.3) is 0 Å². The Morgan fingerprint density at radius 2 is 1.18 bits per heavy atom. The molecule has 0 heterocycles. The summed E-state index contributed by atoms with van der Waals surface area (Å²) in [4.78, 5) is 0. The van der Waals surface area contributed by atoms with Crippen molar-refractivity contribution in [3.63, 3.8) is 0 Å². The molecule has 0 unspecified atom stereocenters. The molecule has 0 N–H and O–H groups in total. The van der Waals surface area contributed by atoms with Crippen LogP contribution in [0, 0.1) is 10.2 Å². The first-order valence-corrected chi connectivity index (χ1v) is 11.0. The number of rotatable bonds is 4. The zero-order valence-electron chi connectivity index (χ0n) is 12.5. The van der Waals surface area contributed by atoms with E-state index in [-0.39, 0.29) is 0 Å². The first-order valence-electron chi connectivity index (χ1n) is 7.49. The summed E-state index contributed by atoms with van der Waals surface area (Å²) in [6, 6.07) is 0. The number of allylic oxidation sites excluding steroid dienone is 8. The van der Waals surface area contributed by atoms with Crippen molar-refractivity contribution in [3.8, 4) is 0 Å². The molecular weight excluding hydrogens is 395 g/mol. The molecule has 0 spiro atoms. The van der Waals surface area contributed by atoms with Crippen LogP contribution < -0.4 is 14.0 Å². The maximum atomic E-state index is 11.2. The summed E-state index contributed by atoms with van der Waals surface area (Å²) in [5.74, 6) is 0. The van der Waals surface area contributed by atoms with Crippen molar-refractivity contribution < 1.29 is 43.6 Å². The van der Waals surface area contributed by atoms with Crippen molar-refractivity contribution in [1.82, 2.24) is 0 Å². The summed E-state index contributed by atoms with van der Waals surface area (Å²) in [7, 11) is -4.38. The number of hydrogen-bond acceptors (Lipinski definition) is 4. The predicted molar refractivity (Wildman–Crippen MR) is 72.5 cm³/mol. The van der Waals surface area contributed by atoms with Crippen LogP contribution in [0.4, 0.5) is 0 Å². The van der Waals surface area contributed by atoms with Gasteiger partial charge < -0.3 is 0 Å². The third-order valence-corrected chi connectivity index (χ3v) is 8.61. The molecule has 2 aliphatic rings. The summed E-state index contributed by atoms with van der Waals surface area (Å²) in [5.41, 5.74) is 0. The minimum absolute atomic E-state index is 0.779. The van der Waals surface area contributed by atoms with E-state index in [0.29, 0.717) is 0 Å². The van der Waals surface area contributed by atoms with E-state index in [0.717, 1.165) is 59.7 Å². The Bertz CT molecular complexity index is 441. The average molecular weight is 417 g/mol. The van der Waals surface area contributed by atoms with E-state index in [1.165, 1.54) is 0 Å². The molecule has 0 aromatic carbocycles. The molecule has 0 aliphatic heterocycles. The van der Waals surface area contributed by atoms with Crippen LogP contribution in [0.2, 0.25) is 0 Å². The van der Waals surface area contributed by atoms with E-state index in [1.807, 2.05) is 0 Å². The first-order chi connectivity index (χ1) is 10.6. The van der Waals surface area contributed by atoms with Gasteiger partial charge in [0, 0.05) is 0 Å². The summed E-state index contributed by atoms with van der Waals surface area (Å²) < 4.78 is 40.7. The third kappa shape index (κ3) is 6.45. The van der Waals surface area contributed by atoms with Crippen LogP contribution in [-0.2, 0) is 19.4 Å². The minimum atomic E-state index is -4.38. The molecule has 2 aliphatic carbocycles. The number of halogens is 1. The molecule has 0 fully saturated rings. The van der Waals surface area contributed by atoms with Gasteiger partial charge in [-0.1, -0.05) is 0 Å². The molecule has 0 aromatic rings. The van der Waals surface area contributed by atoms with Gasteiger partial charge in [-0.2, -0.15) is 0 Å². The quantitative estimate of drug-likeness (QED) is 0.513. The normalized spacial score (nSPS) is 21.1. The van der Waals surface area contributed by atoms with Crippen LogP contribution in [0.5, 0.6) is 0 Å². The van der Waals surface area contributed by atoms with E-state index in [1.54, 1.807) is 0 Å². The molecule has 126 valence electrons. The molecule has 0 saturated heterocycles. The Labute approximate surface area is 139 Å². The van der Waals surface area contributed by atoms with Gasteiger partial charge in [-0.3, -0.25) is 0 Å². The molecule has 0 aromatic heterocycles. The molecule has 2 rings (SSSR count). The van der Waals surface area contributed by atoms with Crippen LogP contribution in [0.1, 0.15) is 51.4 Å². The molecule has 0 amide bonds.